The first-order valence-electron chi connectivity index (χ1n) is 23.4. The van der Waals surface area contributed by atoms with E-state index < -0.39 is 0 Å². The number of benzene rings is 11. The second-order valence-corrected chi connectivity index (χ2v) is 18.1. The molecule has 0 saturated heterocycles. The third-order valence-corrected chi connectivity index (χ3v) is 14.5. The first-order chi connectivity index (χ1) is 33.7. The Morgan fingerprint density at radius 3 is 0.926 bits per heavy atom. The lowest BCUT2D eigenvalue weighted by Gasteiger charge is -2.17. The van der Waals surface area contributed by atoms with Gasteiger partial charge in [-0.25, -0.2) is 0 Å². The summed E-state index contributed by atoms with van der Waals surface area (Å²) in [4.78, 5) is 0. The Balaban J connectivity index is 1.07. The maximum Gasteiger partial charge on any atom is 0.0548 e. The van der Waals surface area contributed by atoms with Crippen LogP contribution >= 0.6 is 0 Å². The zero-order valence-electron chi connectivity index (χ0n) is 36.9. The Labute approximate surface area is 391 Å². The van der Waals surface area contributed by atoms with Crippen LogP contribution in [-0.2, 0) is 0 Å². The lowest BCUT2D eigenvalue weighted by molar-refractivity contribution is 1.14. The van der Waals surface area contributed by atoms with E-state index in [1.807, 2.05) is 0 Å². The van der Waals surface area contributed by atoms with Gasteiger partial charge in [0.15, 0.2) is 0 Å². The highest BCUT2D eigenvalue weighted by Gasteiger charge is 2.22. The van der Waals surface area contributed by atoms with E-state index in [0.717, 1.165) is 28.3 Å². The Kier molecular flexibility index (Phi) is 7.75. The Bertz CT molecular complexity index is 4290. The molecule has 0 unspecified atom stereocenters. The molecule has 0 aliphatic carbocycles. The quantitative estimate of drug-likeness (QED) is 0.164. The highest BCUT2D eigenvalue weighted by Crippen LogP contribution is 2.44. The van der Waals surface area contributed by atoms with Gasteiger partial charge >= 0.3 is 0 Å². The summed E-state index contributed by atoms with van der Waals surface area (Å²) in [5.41, 5.74) is 16.4. The number of para-hydroxylation sites is 6. The van der Waals surface area contributed by atoms with Gasteiger partial charge in [-0.3, -0.25) is 0 Å². The van der Waals surface area contributed by atoms with Crippen molar-refractivity contribution in [3.63, 3.8) is 0 Å². The second kappa shape index (κ2) is 14.2. The molecule has 0 N–H and O–H groups in total. The van der Waals surface area contributed by atoms with Crippen LogP contribution in [-0.4, -0.2) is 18.3 Å². The summed E-state index contributed by atoms with van der Waals surface area (Å²) < 4.78 is 9.87. The average Bonchev–Trinajstić information content (AvgIpc) is 4.12. The number of hydrogen-bond donors (Lipinski definition) is 0. The molecule has 15 rings (SSSR count). The Morgan fingerprint density at radius 1 is 0.191 bits per heavy atom. The fourth-order valence-corrected chi connectivity index (χ4v) is 11.6. The maximum absolute atomic E-state index is 2.51. The van der Waals surface area contributed by atoms with E-state index in [1.165, 1.54) is 104 Å². The second-order valence-electron chi connectivity index (χ2n) is 18.1. The van der Waals surface area contributed by atoms with E-state index in [1.54, 1.807) is 0 Å². The number of nitrogens with zero attached hydrogens (tertiary/aromatic N) is 4. The topological polar surface area (TPSA) is 19.7 Å². The van der Waals surface area contributed by atoms with Crippen LogP contribution in [0, 0.1) is 0 Å². The summed E-state index contributed by atoms with van der Waals surface area (Å²) in [7, 11) is 0. The van der Waals surface area contributed by atoms with Crippen LogP contribution in [0.2, 0.25) is 0 Å². The minimum atomic E-state index is 1.11. The number of hydrogen-bond acceptors (Lipinski definition) is 0. The molecule has 0 saturated carbocycles. The highest BCUT2D eigenvalue weighted by molar-refractivity contribution is 6.21. The molecular formula is C64H40N4. The van der Waals surface area contributed by atoms with Crippen molar-refractivity contribution in [2.45, 2.75) is 0 Å². The molecule has 0 amide bonds. The minimum absolute atomic E-state index is 1.11. The van der Waals surface area contributed by atoms with Crippen LogP contribution < -0.4 is 0 Å². The third-order valence-electron chi connectivity index (χ3n) is 14.5. The molecule has 0 aliphatic heterocycles. The van der Waals surface area contributed by atoms with Gasteiger partial charge in [-0.1, -0.05) is 152 Å². The molecule has 0 radical (unpaired) electrons. The molecule has 0 atom stereocenters. The van der Waals surface area contributed by atoms with Crippen molar-refractivity contribution in [3.05, 3.63) is 243 Å². The number of rotatable bonds is 5. The molecule has 0 bridgehead atoms. The molecule has 15 aromatic rings. The lowest BCUT2D eigenvalue weighted by Crippen LogP contribution is -2.00. The van der Waals surface area contributed by atoms with Gasteiger partial charge in [-0.2, -0.15) is 0 Å². The normalized spacial score (nSPS) is 12.1. The number of aromatic nitrogens is 4. The van der Waals surface area contributed by atoms with Crippen molar-refractivity contribution >= 4 is 98.0 Å². The van der Waals surface area contributed by atoms with Gasteiger partial charge in [-0.15, -0.1) is 0 Å². The standard InChI is InChI=1S/C64H40N4/c1-3-20-43(21-4-1)65-57-30-13-9-25-49(57)53-39-63-55(37-61(53)65)51-27-11-15-32-59(51)67(63)45-34-42(48-29-17-19-41-18-7-8-24-47(41)48)35-46(36-45)68-60-33-16-12-28-52(60)56-38-62-54(40-64(56)68)50-26-10-14-31-58(50)66(62)44-22-5-2-6-23-44/h1-40H. The largest absolute Gasteiger partial charge is 0.309 e. The summed E-state index contributed by atoms with van der Waals surface area (Å²) >= 11 is 0. The average molecular weight is 865 g/mol. The lowest BCUT2D eigenvalue weighted by atomic mass is 9.97. The molecule has 0 spiro atoms. The summed E-state index contributed by atoms with van der Waals surface area (Å²) in [6, 6.07) is 89.5. The van der Waals surface area contributed by atoms with Crippen molar-refractivity contribution in [2.24, 2.45) is 0 Å². The van der Waals surface area contributed by atoms with E-state index >= 15 is 0 Å². The first kappa shape index (κ1) is 37.1. The fourth-order valence-electron chi connectivity index (χ4n) is 11.6. The van der Waals surface area contributed by atoms with Gasteiger partial charge in [0, 0.05) is 65.8 Å². The fraction of sp³-hybridized carbons (Fsp3) is 0. The zero-order valence-corrected chi connectivity index (χ0v) is 36.9. The molecule has 68 heavy (non-hydrogen) atoms. The molecule has 0 aliphatic rings. The van der Waals surface area contributed by atoms with Crippen LogP contribution in [0.25, 0.3) is 132 Å². The van der Waals surface area contributed by atoms with Crippen molar-refractivity contribution in [2.75, 3.05) is 0 Å². The van der Waals surface area contributed by atoms with Gasteiger partial charge < -0.3 is 18.3 Å². The van der Waals surface area contributed by atoms with E-state index in [-0.39, 0.29) is 0 Å². The first-order valence-corrected chi connectivity index (χ1v) is 23.4. The van der Waals surface area contributed by atoms with Gasteiger partial charge in [0.05, 0.1) is 44.1 Å². The Hall–Kier alpha value is -9.12. The molecule has 4 aromatic heterocycles. The van der Waals surface area contributed by atoms with Crippen LogP contribution in [0.1, 0.15) is 0 Å². The molecule has 0 fully saturated rings. The van der Waals surface area contributed by atoms with E-state index in [9.17, 15) is 0 Å². The van der Waals surface area contributed by atoms with Gasteiger partial charge in [0.2, 0.25) is 0 Å². The molecule has 4 heteroatoms. The smallest absolute Gasteiger partial charge is 0.0548 e. The molecular weight excluding hydrogens is 825 g/mol. The molecule has 4 heterocycles. The Morgan fingerprint density at radius 2 is 0.515 bits per heavy atom. The maximum atomic E-state index is 2.51. The molecule has 316 valence electrons. The van der Waals surface area contributed by atoms with Crippen LogP contribution in [0.4, 0.5) is 0 Å². The van der Waals surface area contributed by atoms with Crippen LogP contribution in [0.5, 0.6) is 0 Å². The van der Waals surface area contributed by atoms with Crippen molar-refractivity contribution in [3.8, 4) is 33.9 Å². The van der Waals surface area contributed by atoms with Gasteiger partial charge in [-0.05, 0) is 113 Å². The number of fused-ring (bicyclic) bond motifs is 13. The van der Waals surface area contributed by atoms with Crippen molar-refractivity contribution < 1.29 is 0 Å². The highest BCUT2D eigenvalue weighted by atomic mass is 15.0. The third kappa shape index (κ3) is 5.25. The van der Waals surface area contributed by atoms with E-state index in [2.05, 4.69) is 261 Å². The molecule has 11 aromatic carbocycles. The van der Waals surface area contributed by atoms with Crippen LogP contribution in [0.15, 0.2) is 243 Å². The molecule has 4 nitrogen and oxygen atoms in total. The summed E-state index contributed by atoms with van der Waals surface area (Å²) in [5.74, 6) is 0. The van der Waals surface area contributed by atoms with E-state index in [4.69, 9.17) is 0 Å². The van der Waals surface area contributed by atoms with Gasteiger partial charge in [0.25, 0.3) is 0 Å². The summed E-state index contributed by atoms with van der Waals surface area (Å²) in [6.07, 6.45) is 0. The SMILES string of the molecule is c1ccc(-n2c3ccccc3c3cc4c(cc32)c2ccccc2n4-c2cc(-c3cccc4ccccc34)cc(-n3c4ccccc4c4cc5c(cc43)c3ccccc3n5-c3ccccc3)c2)cc1. The van der Waals surface area contributed by atoms with Crippen molar-refractivity contribution in [1.29, 1.82) is 0 Å². The predicted octanol–water partition coefficient (Wildman–Crippen LogP) is 16.9. The predicted molar refractivity (Wildman–Crippen MR) is 287 cm³/mol. The van der Waals surface area contributed by atoms with Crippen molar-refractivity contribution in [1.82, 2.24) is 18.3 Å². The zero-order chi connectivity index (χ0) is 44.5. The van der Waals surface area contributed by atoms with Gasteiger partial charge in [0.1, 0.15) is 0 Å². The summed E-state index contributed by atoms with van der Waals surface area (Å²) in [6.45, 7) is 0. The summed E-state index contributed by atoms with van der Waals surface area (Å²) in [5, 5.41) is 12.3. The monoisotopic (exact) mass is 864 g/mol. The minimum Gasteiger partial charge on any atom is -0.309 e. The van der Waals surface area contributed by atoms with Crippen LogP contribution in [0.3, 0.4) is 0 Å². The van der Waals surface area contributed by atoms with E-state index in [0.29, 0.717) is 0 Å².